The third kappa shape index (κ3) is 5.44. The topological polar surface area (TPSA) is 95.5 Å². The number of Topliss-reactive ketones (excluding diaryl/α,β-unsaturated/α-hetero) is 1. The minimum absolute atomic E-state index is 0.278. The normalized spacial score (nSPS) is 13.3. The standard InChI is InChI=1S/C23H28N2O4/c1-14-10-9-13-17(18(14)21(27)25-16-11-7-6-8-12-16)19(23(3,4)5)20(26)15(2)24-22(28)29/h6-13,15,19,24H,1-5H3,(H,25,27)(H,28,29). The quantitative estimate of drug-likeness (QED) is 0.665. The number of nitrogens with one attached hydrogen (secondary N) is 2. The van der Waals surface area contributed by atoms with Gasteiger partial charge in [-0.15, -0.1) is 0 Å². The van der Waals surface area contributed by atoms with Crippen LogP contribution in [0.4, 0.5) is 10.5 Å². The number of aryl methyl sites for hydroxylation is 1. The van der Waals surface area contributed by atoms with E-state index in [9.17, 15) is 14.4 Å². The Morgan fingerprint density at radius 3 is 2.14 bits per heavy atom. The zero-order valence-electron chi connectivity index (χ0n) is 17.4. The van der Waals surface area contributed by atoms with Gasteiger partial charge in [-0.3, -0.25) is 9.59 Å². The lowest BCUT2D eigenvalue weighted by atomic mass is 9.71. The van der Waals surface area contributed by atoms with E-state index in [4.69, 9.17) is 5.11 Å². The van der Waals surface area contributed by atoms with Gasteiger partial charge >= 0.3 is 6.09 Å². The fourth-order valence-electron chi connectivity index (χ4n) is 3.51. The minimum Gasteiger partial charge on any atom is -0.465 e. The van der Waals surface area contributed by atoms with Gasteiger partial charge in [0.05, 0.1) is 12.0 Å². The SMILES string of the molecule is Cc1cccc(C(C(=O)C(C)NC(=O)O)C(C)(C)C)c1C(=O)Nc1ccccc1. The van der Waals surface area contributed by atoms with Crippen LogP contribution in [0.25, 0.3) is 0 Å². The van der Waals surface area contributed by atoms with Gasteiger partial charge in [-0.1, -0.05) is 57.2 Å². The molecule has 0 bridgehead atoms. The molecule has 0 heterocycles. The number of rotatable bonds is 6. The summed E-state index contributed by atoms with van der Waals surface area (Å²) in [7, 11) is 0. The molecule has 154 valence electrons. The largest absolute Gasteiger partial charge is 0.465 e. The number of amides is 2. The van der Waals surface area contributed by atoms with Crippen molar-refractivity contribution in [2.45, 2.75) is 46.6 Å². The van der Waals surface area contributed by atoms with Crippen LogP contribution >= 0.6 is 0 Å². The molecule has 2 atom stereocenters. The smallest absolute Gasteiger partial charge is 0.405 e. The average Bonchev–Trinajstić information content (AvgIpc) is 2.60. The molecule has 3 N–H and O–H groups in total. The number of ketones is 1. The first-order valence-electron chi connectivity index (χ1n) is 9.51. The van der Waals surface area contributed by atoms with Crippen LogP contribution in [-0.2, 0) is 4.79 Å². The summed E-state index contributed by atoms with van der Waals surface area (Å²) in [6.07, 6.45) is -1.26. The highest BCUT2D eigenvalue weighted by molar-refractivity contribution is 6.08. The number of anilines is 1. The Kier molecular flexibility index (Phi) is 6.80. The number of benzene rings is 2. The molecule has 0 aliphatic carbocycles. The molecule has 0 radical (unpaired) electrons. The lowest BCUT2D eigenvalue weighted by molar-refractivity contribution is -0.124. The van der Waals surface area contributed by atoms with Crippen LogP contribution in [-0.4, -0.2) is 28.9 Å². The molecule has 0 aliphatic heterocycles. The van der Waals surface area contributed by atoms with Crippen LogP contribution in [0, 0.1) is 12.3 Å². The third-order valence-electron chi connectivity index (χ3n) is 4.79. The molecule has 0 saturated carbocycles. The molecule has 2 aromatic rings. The Morgan fingerprint density at radius 2 is 1.59 bits per heavy atom. The van der Waals surface area contributed by atoms with Crippen molar-refractivity contribution in [3.05, 3.63) is 65.2 Å². The van der Waals surface area contributed by atoms with Crippen LogP contribution in [0.5, 0.6) is 0 Å². The highest BCUT2D eigenvalue weighted by Gasteiger charge is 2.38. The van der Waals surface area contributed by atoms with Gasteiger partial charge in [0.2, 0.25) is 0 Å². The Labute approximate surface area is 171 Å². The molecule has 2 rings (SSSR count). The molecule has 0 aliphatic rings. The lowest BCUT2D eigenvalue weighted by Gasteiger charge is -2.33. The van der Waals surface area contributed by atoms with Crippen molar-refractivity contribution >= 4 is 23.5 Å². The maximum absolute atomic E-state index is 13.2. The second kappa shape index (κ2) is 8.90. The Morgan fingerprint density at radius 1 is 0.966 bits per heavy atom. The molecule has 6 heteroatoms. The summed E-state index contributed by atoms with van der Waals surface area (Å²) in [4.78, 5) is 37.4. The molecule has 0 spiro atoms. The summed E-state index contributed by atoms with van der Waals surface area (Å²) in [5.41, 5.74) is 1.91. The molecule has 0 fully saturated rings. The van der Waals surface area contributed by atoms with Gasteiger partial charge in [-0.25, -0.2) is 4.79 Å². The van der Waals surface area contributed by atoms with E-state index in [1.54, 1.807) is 18.2 Å². The molecular formula is C23H28N2O4. The number of carbonyl (C=O) groups excluding carboxylic acids is 2. The Balaban J connectivity index is 2.52. The van der Waals surface area contributed by atoms with Crippen LogP contribution < -0.4 is 10.6 Å². The van der Waals surface area contributed by atoms with Crippen molar-refractivity contribution in [3.8, 4) is 0 Å². The zero-order chi connectivity index (χ0) is 21.8. The van der Waals surface area contributed by atoms with Crippen LogP contribution in [0.2, 0.25) is 0 Å². The van der Waals surface area contributed by atoms with E-state index in [1.165, 1.54) is 6.92 Å². The fraction of sp³-hybridized carbons (Fsp3) is 0.348. The van der Waals surface area contributed by atoms with Crippen LogP contribution in [0.3, 0.4) is 0 Å². The summed E-state index contributed by atoms with van der Waals surface area (Å²) in [6, 6.07) is 13.6. The molecule has 2 amide bonds. The van der Waals surface area contributed by atoms with Gasteiger partial charge < -0.3 is 15.7 Å². The molecule has 0 aromatic heterocycles. The number of hydrogen-bond donors (Lipinski definition) is 3. The Hall–Kier alpha value is -3.15. The summed E-state index contributed by atoms with van der Waals surface area (Å²) in [5.74, 6) is -1.25. The number of carbonyl (C=O) groups is 3. The highest BCUT2D eigenvalue weighted by Crippen LogP contribution is 2.39. The van der Waals surface area contributed by atoms with Gasteiger partial charge in [0, 0.05) is 11.3 Å². The highest BCUT2D eigenvalue weighted by atomic mass is 16.4. The Bertz CT molecular complexity index is 901. The van der Waals surface area contributed by atoms with E-state index in [0.29, 0.717) is 16.8 Å². The van der Waals surface area contributed by atoms with Crippen molar-refractivity contribution in [3.63, 3.8) is 0 Å². The van der Waals surface area contributed by atoms with Crippen LogP contribution in [0.15, 0.2) is 48.5 Å². The van der Waals surface area contributed by atoms with E-state index < -0.39 is 23.5 Å². The first-order valence-corrected chi connectivity index (χ1v) is 9.51. The first kappa shape index (κ1) is 22.1. The predicted octanol–water partition coefficient (Wildman–Crippen LogP) is 4.60. The average molecular weight is 396 g/mol. The lowest BCUT2D eigenvalue weighted by Crippen LogP contribution is -2.43. The number of hydrogen-bond acceptors (Lipinski definition) is 3. The van der Waals surface area contributed by atoms with Crippen molar-refractivity contribution in [1.82, 2.24) is 5.32 Å². The summed E-state index contributed by atoms with van der Waals surface area (Å²) < 4.78 is 0. The van der Waals surface area contributed by atoms with Gasteiger partial charge in [0.25, 0.3) is 5.91 Å². The van der Waals surface area contributed by atoms with Gasteiger partial charge in [0.15, 0.2) is 5.78 Å². The maximum Gasteiger partial charge on any atom is 0.405 e. The summed E-state index contributed by atoms with van der Waals surface area (Å²) in [6.45, 7) is 9.07. The molecule has 6 nitrogen and oxygen atoms in total. The second-order valence-electron chi connectivity index (χ2n) is 8.23. The third-order valence-corrected chi connectivity index (χ3v) is 4.79. The van der Waals surface area contributed by atoms with Gasteiger partial charge in [-0.05, 0) is 42.5 Å². The van der Waals surface area contributed by atoms with Gasteiger partial charge in [-0.2, -0.15) is 0 Å². The molecule has 29 heavy (non-hydrogen) atoms. The zero-order valence-corrected chi connectivity index (χ0v) is 17.4. The monoisotopic (exact) mass is 396 g/mol. The predicted molar refractivity (Wildman–Crippen MR) is 113 cm³/mol. The number of carboxylic acid groups (broad SMARTS) is 1. The van der Waals surface area contributed by atoms with Crippen molar-refractivity contribution in [1.29, 1.82) is 0 Å². The summed E-state index contributed by atoms with van der Waals surface area (Å²) >= 11 is 0. The first-order chi connectivity index (χ1) is 13.5. The molecule has 0 saturated heterocycles. The minimum atomic E-state index is -1.26. The van der Waals surface area contributed by atoms with E-state index in [2.05, 4.69) is 10.6 Å². The maximum atomic E-state index is 13.2. The van der Waals surface area contributed by atoms with Crippen molar-refractivity contribution in [2.75, 3.05) is 5.32 Å². The summed E-state index contributed by atoms with van der Waals surface area (Å²) in [5, 5.41) is 14.1. The number of para-hydroxylation sites is 1. The van der Waals surface area contributed by atoms with E-state index in [0.717, 1.165) is 5.56 Å². The van der Waals surface area contributed by atoms with Gasteiger partial charge in [0.1, 0.15) is 0 Å². The van der Waals surface area contributed by atoms with E-state index in [1.807, 2.05) is 58.0 Å². The fourth-order valence-corrected chi connectivity index (χ4v) is 3.51. The van der Waals surface area contributed by atoms with E-state index >= 15 is 0 Å². The molecular weight excluding hydrogens is 368 g/mol. The van der Waals surface area contributed by atoms with Crippen LogP contribution in [0.1, 0.15) is 55.1 Å². The second-order valence-corrected chi connectivity index (χ2v) is 8.23. The van der Waals surface area contributed by atoms with E-state index in [-0.39, 0.29) is 11.7 Å². The molecule has 2 aromatic carbocycles. The van der Waals surface area contributed by atoms with Crippen molar-refractivity contribution < 1.29 is 19.5 Å². The molecule has 2 unspecified atom stereocenters. The van der Waals surface area contributed by atoms with Crippen molar-refractivity contribution in [2.24, 2.45) is 5.41 Å².